The number of piperazine rings is 1. The number of anilines is 1. The number of nitrogens with zero attached hydrogens (tertiary/aromatic N) is 5. The van der Waals surface area contributed by atoms with Gasteiger partial charge in [0.2, 0.25) is 5.91 Å². The Morgan fingerprint density at radius 2 is 1.51 bits per heavy atom. The second kappa shape index (κ2) is 14.4. The van der Waals surface area contributed by atoms with E-state index in [4.69, 9.17) is 19.3 Å². The molecule has 3 aliphatic heterocycles. The molecule has 0 spiro atoms. The highest BCUT2D eigenvalue weighted by atomic mass is 35.5. The fourth-order valence-corrected chi connectivity index (χ4v) is 6.37. The zero-order valence-electron chi connectivity index (χ0n) is 25.7. The summed E-state index contributed by atoms with van der Waals surface area (Å²) in [4.78, 5) is 45.4. The molecule has 0 aromatic heterocycles. The normalized spacial score (nSPS) is 21.9. The van der Waals surface area contributed by atoms with Gasteiger partial charge in [-0.05, 0) is 55.3 Å². The van der Waals surface area contributed by atoms with Crippen molar-refractivity contribution in [2.75, 3.05) is 78.3 Å². The van der Waals surface area contributed by atoms with E-state index in [1.807, 2.05) is 28.0 Å². The summed E-state index contributed by atoms with van der Waals surface area (Å²) in [6.07, 6.45) is 5.56. The lowest BCUT2D eigenvalue weighted by Crippen LogP contribution is -2.52. The van der Waals surface area contributed by atoms with E-state index >= 15 is 0 Å². The van der Waals surface area contributed by atoms with Gasteiger partial charge in [-0.2, -0.15) is 5.10 Å². The summed E-state index contributed by atoms with van der Waals surface area (Å²) in [5, 5.41) is 6.36. The third-order valence-corrected chi connectivity index (χ3v) is 8.94. The van der Waals surface area contributed by atoms with Crippen molar-refractivity contribution in [1.82, 2.24) is 14.7 Å². The Morgan fingerprint density at radius 1 is 0.844 bits per heavy atom. The van der Waals surface area contributed by atoms with Crippen molar-refractivity contribution in [3.8, 4) is 11.5 Å². The van der Waals surface area contributed by atoms with Crippen LogP contribution in [0.4, 0.5) is 5.69 Å². The fourth-order valence-electron chi connectivity index (χ4n) is 6.37. The van der Waals surface area contributed by atoms with Crippen LogP contribution in [0.3, 0.4) is 0 Å². The van der Waals surface area contributed by atoms with Gasteiger partial charge in [-0.15, -0.1) is 12.4 Å². The average Bonchev–Trinajstić information content (AvgIpc) is 3.09. The number of benzene rings is 2. The highest BCUT2D eigenvalue weighted by Crippen LogP contribution is 2.38. The number of amides is 3. The summed E-state index contributed by atoms with van der Waals surface area (Å²) in [6.45, 7) is 5.21. The van der Waals surface area contributed by atoms with Crippen LogP contribution in [0.1, 0.15) is 28.8 Å². The van der Waals surface area contributed by atoms with E-state index in [0.29, 0.717) is 88.2 Å². The van der Waals surface area contributed by atoms with Gasteiger partial charge in [0.1, 0.15) is 0 Å². The molecular weight excluding hydrogens is 598 g/mol. The first-order valence-corrected chi connectivity index (χ1v) is 15.2. The number of carbonyl (C=O) groups excluding carboxylic acids is 3. The first-order valence-electron chi connectivity index (χ1n) is 15.2. The van der Waals surface area contributed by atoms with Gasteiger partial charge in [0, 0.05) is 56.3 Å². The van der Waals surface area contributed by atoms with Gasteiger partial charge in [0.15, 0.2) is 11.5 Å². The Hall–Kier alpha value is -3.93. The van der Waals surface area contributed by atoms with Crippen LogP contribution in [0.5, 0.6) is 11.5 Å². The molecule has 6 rings (SSSR count). The summed E-state index contributed by atoms with van der Waals surface area (Å²) in [7, 11) is 3.20. The fraction of sp³-hybridized carbons (Fsp3) is 0.455. The van der Waals surface area contributed by atoms with E-state index < -0.39 is 0 Å². The van der Waals surface area contributed by atoms with Crippen LogP contribution in [0.15, 0.2) is 59.7 Å². The van der Waals surface area contributed by atoms with E-state index in [9.17, 15) is 14.4 Å². The number of hydrogen-bond acceptors (Lipinski definition) is 8. The lowest BCUT2D eigenvalue weighted by atomic mass is 9.76. The third-order valence-electron chi connectivity index (χ3n) is 8.94. The SMILES string of the molecule is COc1ccc(C2=NN(c3ccc(C(=O)N4CCN(CC(=O)N5CCOCC5)CC4)cc3)C(=O)[C@@H]3CC=CC[C@H]23)cc1OC.Cl. The predicted molar refractivity (Wildman–Crippen MR) is 172 cm³/mol. The van der Waals surface area contributed by atoms with Crippen LogP contribution >= 0.6 is 12.4 Å². The minimum atomic E-state index is -0.228. The topological polar surface area (TPSA) is 104 Å². The molecule has 0 unspecified atom stereocenters. The van der Waals surface area contributed by atoms with Crippen LogP contribution in [-0.2, 0) is 14.3 Å². The number of rotatable bonds is 7. The molecule has 2 saturated heterocycles. The zero-order chi connectivity index (χ0) is 30.6. The monoisotopic (exact) mass is 637 g/mol. The van der Waals surface area contributed by atoms with Crippen LogP contribution in [0.25, 0.3) is 0 Å². The molecule has 2 atom stereocenters. The Labute approximate surface area is 269 Å². The number of hydrogen-bond donors (Lipinski definition) is 0. The van der Waals surface area contributed by atoms with E-state index in [0.717, 1.165) is 17.7 Å². The van der Waals surface area contributed by atoms with Gasteiger partial charge >= 0.3 is 0 Å². The van der Waals surface area contributed by atoms with E-state index in [-0.39, 0.29) is 42.0 Å². The van der Waals surface area contributed by atoms with Gasteiger partial charge in [-0.1, -0.05) is 12.2 Å². The van der Waals surface area contributed by atoms with Crippen LogP contribution in [0, 0.1) is 11.8 Å². The van der Waals surface area contributed by atoms with Gasteiger partial charge in [0.25, 0.3) is 11.8 Å². The molecule has 4 aliphatic rings. The molecular formula is C33H40ClN5O6. The number of fused-ring (bicyclic) bond motifs is 1. The Bertz CT molecular complexity index is 1450. The third kappa shape index (κ3) is 6.85. The van der Waals surface area contributed by atoms with Gasteiger partial charge in [0.05, 0.1) is 51.3 Å². The molecule has 11 nitrogen and oxygen atoms in total. The van der Waals surface area contributed by atoms with Crippen molar-refractivity contribution in [2.45, 2.75) is 12.8 Å². The molecule has 2 aromatic carbocycles. The smallest absolute Gasteiger partial charge is 0.253 e. The molecule has 2 fully saturated rings. The van der Waals surface area contributed by atoms with Crippen molar-refractivity contribution >= 4 is 41.5 Å². The number of hydrazone groups is 1. The van der Waals surface area contributed by atoms with Crippen LogP contribution < -0.4 is 14.5 Å². The summed E-state index contributed by atoms with van der Waals surface area (Å²) in [6, 6.07) is 12.8. The number of ether oxygens (including phenoxy) is 3. The van der Waals surface area contributed by atoms with E-state index in [2.05, 4.69) is 17.1 Å². The number of methoxy groups -OCH3 is 2. The lowest BCUT2D eigenvalue weighted by molar-refractivity contribution is -0.136. The van der Waals surface area contributed by atoms with Crippen molar-refractivity contribution < 1.29 is 28.6 Å². The summed E-state index contributed by atoms with van der Waals surface area (Å²) in [5.74, 6) is 0.968. The predicted octanol–water partition coefficient (Wildman–Crippen LogP) is 3.08. The molecule has 0 radical (unpaired) electrons. The van der Waals surface area contributed by atoms with Gasteiger partial charge in [-0.3, -0.25) is 19.3 Å². The summed E-state index contributed by atoms with van der Waals surface area (Å²) in [5.41, 5.74) is 2.87. The van der Waals surface area contributed by atoms with Gasteiger partial charge < -0.3 is 24.0 Å². The minimum absolute atomic E-state index is 0. The quantitative estimate of drug-likeness (QED) is 0.430. The van der Waals surface area contributed by atoms with Crippen molar-refractivity contribution in [3.63, 3.8) is 0 Å². The first kappa shape index (κ1) is 32.5. The van der Waals surface area contributed by atoms with Crippen molar-refractivity contribution in [1.29, 1.82) is 0 Å². The van der Waals surface area contributed by atoms with Crippen molar-refractivity contribution in [3.05, 3.63) is 65.7 Å². The second-order valence-corrected chi connectivity index (χ2v) is 11.5. The Kier molecular flexibility index (Phi) is 10.4. The molecule has 1 aliphatic carbocycles. The molecule has 0 bridgehead atoms. The maximum Gasteiger partial charge on any atom is 0.253 e. The number of halogens is 1. The van der Waals surface area contributed by atoms with Gasteiger partial charge in [-0.25, -0.2) is 5.01 Å². The minimum Gasteiger partial charge on any atom is -0.493 e. The van der Waals surface area contributed by atoms with Crippen molar-refractivity contribution in [2.24, 2.45) is 16.9 Å². The molecule has 3 amide bonds. The van der Waals surface area contributed by atoms with Crippen LogP contribution in [-0.4, -0.2) is 111 Å². The number of carbonyl (C=O) groups is 3. The van der Waals surface area contributed by atoms with E-state index in [1.54, 1.807) is 38.5 Å². The molecule has 0 saturated carbocycles. The highest BCUT2D eigenvalue weighted by Gasteiger charge is 2.41. The molecule has 45 heavy (non-hydrogen) atoms. The molecule has 240 valence electrons. The van der Waals surface area contributed by atoms with E-state index in [1.165, 1.54) is 5.01 Å². The summed E-state index contributed by atoms with van der Waals surface area (Å²) < 4.78 is 16.3. The average molecular weight is 638 g/mol. The number of allylic oxidation sites excluding steroid dienone is 2. The summed E-state index contributed by atoms with van der Waals surface area (Å²) >= 11 is 0. The highest BCUT2D eigenvalue weighted by molar-refractivity contribution is 6.11. The Morgan fingerprint density at radius 3 is 2.18 bits per heavy atom. The molecule has 2 aromatic rings. The first-order chi connectivity index (χ1) is 21.5. The largest absolute Gasteiger partial charge is 0.493 e. The molecule has 0 N–H and O–H groups in total. The lowest BCUT2D eigenvalue weighted by Gasteiger charge is -2.37. The second-order valence-electron chi connectivity index (χ2n) is 11.5. The van der Waals surface area contributed by atoms with Crippen LogP contribution in [0.2, 0.25) is 0 Å². The molecule has 3 heterocycles. The Balaban J connectivity index is 0.00000400. The number of morpholine rings is 1. The molecule has 12 heteroatoms. The zero-order valence-corrected chi connectivity index (χ0v) is 26.5. The maximum absolute atomic E-state index is 13.7. The maximum atomic E-state index is 13.7. The standard InChI is InChI=1S/C33H39N5O6.ClH/c1-42-28-12-9-24(21-29(28)43-2)31-26-5-3-4-6-27(26)33(41)38(34-31)25-10-7-23(8-11-25)32(40)37-15-13-35(14-16-37)22-30(39)36-17-19-44-20-18-36;/h3-4,7-12,21,26-27H,5-6,13-20,22H2,1-2H3;1H/t26-,27+;/m0./s1.